The Kier molecular flexibility index (Phi) is 5.79. The van der Waals surface area contributed by atoms with Crippen LogP contribution < -0.4 is 0 Å². The highest BCUT2D eigenvalue weighted by molar-refractivity contribution is 5.88. The van der Waals surface area contributed by atoms with Gasteiger partial charge in [-0.25, -0.2) is 4.79 Å². The number of hydrogen-bond donors (Lipinski definition) is 1. The molecule has 5 heteroatoms. The van der Waals surface area contributed by atoms with Gasteiger partial charge in [-0.1, -0.05) is 29.8 Å². The van der Waals surface area contributed by atoms with Crippen LogP contribution in [0.15, 0.2) is 34.7 Å². The Labute approximate surface area is 141 Å². The van der Waals surface area contributed by atoms with Crippen molar-refractivity contribution >= 4 is 11.9 Å². The maximum atomic E-state index is 12.2. The third-order valence-corrected chi connectivity index (χ3v) is 3.99. The molecule has 0 saturated carbocycles. The molecule has 0 unspecified atom stereocenters. The van der Waals surface area contributed by atoms with Gasteiger partial charge in [-0.3, -0.25) is 4.79 Å². The van der Waals surface area contributed by atoms with E-state index in [-0.39, 0.29) is 18.0 Å². The van der Waals surface area contributed by atoms with E-state index in [0.29, 0.717) is 17.9 Å². The number of nitrogens with zero attached hydrogens (tertiary/aromatic N) is 1. The Balaban J connectivity index is 1.82. The number of hydrogen-bond acceptors (Lipinski definition) is 3. The lowest BCUT2D eigenvalue weighted by Crippen LogP contribution is -2.25. The number of amides is 1. The van der Waals surface area contributed by atoms with E-state index in [4.69, 9.17) is 9.52 Å². The summed E-state index contributed by atoms with van der Waals surface area (Å²) in [6, 6.07) is 9.80. The minimum absolute atomic E-state index is 0.0213. The summed E-state index contributed by atoms with van der Waals surface area (Å²) in [5.41, 5.74) is 2.60. The number of furan rings is 1. The smallest absolute Gasteiger partial charge is 0.339 e. The molecule has 128 valence electrons. The number of aromatic carboxylic acids is 1. The topological polar surface area (TPSA) is 70.8 Å². The van der Waals surface area contributed by atoms with Crippen molar-refractivity contribution in [1.29, 1.82) is 0 Å². The van der Waals surface area contributed by atoms with E-state index in [9.17, 15) is 9.59 Å². The van der Waals surface area contributed by atoms with E-state index in [1.54, 1.807) is 18.9 Å². The van der Waals surface area contributed by atoms with Gasteiger partial charge in [0, 0.05) is 13.5 Å². The van der Waals surface area contributed by atoms with Gasteiger partial charge in [0.1, 0.15) is 17.1 Å². The van der Waals surface area contributed by atoms with Crippen LogP contribution >= 0.6 is 0 Å². The van der Waals surface area contributed by atoms with Crippen LogP contribution in [0.1, 0.15) is 45.8 Å². The number of carbonyl (C=O) groups excluding carboxylic acids is 1. The van der Waals surface area contributed by atoms with Crippen LogP contribution in [-0.4, -0.2) is 28.9 Å². The first-order chi connectivity index (χ1) is 11.4. The number of benzene rings is 1. The van der Waals surface area contributed by atoms with Gasteiger partial charge in [-0.05, 0) is 38.3 Å². The number of carboxylic acids is 1. The van der Waals surface area contributed by atoms with Crippen molar-refractivity contribution in [2.45, 2.75) is 39.7 Å². The lowest BCUT2D eigenvalue weighted by molar-refractivity contribution is -0.130. The van der Waals surface area contributed by atoms with E-state index >= 15 is 0 Å². The minimum Gasteiger partial charge on any atom is -0.478 e. The van der Waals surface area contributed by atoms with E-state index in [0.717, 1.165) is 12.8 Å². The van der Waals surface area contributed by atoms with Crippen LogP contribution in [0, 0.1) is 13.8 Å². The number of carboxylic acid groups (broad SMARTS) is 1. The summed E-state index contributed by atoms with van der Waals surface area (Å²) in [7, 11) is 1.70. The van der Waals surface area contributed by atoms with Crippen molar-refractivity contribution in [2.24, 2.45) is 0 Å². The predicted octanol–water partition coefficient (Wildman–Crippen LogP) is 3.58. The Morgan fingerprint density at radius 1 is 1.17 bits per heavy atom. The van der Waals surface area contributed by atoms with E-state index < -0.39 is 5.97 Å². The molecule has 0 aliphatic heterocycles. The zero-order valence-corrected chi connectivity index (χ0v) is 14.3. The highest BCUT2D eigenvalue weighted by atomic mass is 16.4. The highest BCUT2D eigenvalue weighted by Crippen LogP contribution is 2.16. The van der Waals surface area contributed by atoms with Gasteiger partial charge >= 0.3 is 5.97 Å². The zero-order chi connectivity index (χ0) is 17.7. The second-order valence-electron chi connectivity index (χ2n) is 6.08. The molecule has 0 aliphatic rings. The Hall–Kier alpha value is -2.56. The summed E-state index contributed by atoms with van der Waals surface area (Å²) in [6.45, 7) is 3.93. The number of carbonyl (C=O) groups is 2. The Bertz CT molecular complexity index is 715. The predicted molar refractivity (Wildman–Crippen MR) is 91.0 cm³/mol. The van der Waals surface area contributed by atoms with Crippen LogP contribution in [0.2, 0.25) is 0 Å². The second-order valence-corrected chi connectivity index (χ2v) is 6.08. The van der Waals surface area contributed by atoms with Crippen molar-refractivity contribution in [3.63, 3.8) is 0 Å². The average molecular weight is 329 g/mol. The van der Waals surface area contributed by atoms with E-state index in [1.165, 1.54) is 17.2 Å². The van der Waals surface area contributed by atoms with Crippen molar-refractivity contribution < 1.29 is 19.1 Å². The summed E-state index contributed by atoms with van der Waals surface area (Å²) < 4.78 is 5.41. The molecule has 0 spiro atoms. The maximum Gasteiger partial charge on any atom is 0.339 e. The standard InChI is InChI=1S/C19H23NO4/c1-13-7-9-15(10-8-13)5-4-6-18(21)20(3)12-16-11-17(19(22)23)14(2)24-16/h7-11H,4-6,12H2,1-3H3,(H,22,23). The first kappa shape index (κ1) is 17.8. The summed E-state index contributed by atoms with van der Waals surface area (Å²) in [5, 5.41) is 9.02. The quantitative estimate of drug-likeness (QED) is 0.843. The fourth-order valence-corrected chi connectivity index (χ4v) is 2.55. The molecule has 0 radical (unpaired) electrons. The Morgan fingerprint density at radius 2 is 1.83 bits per heavy atom. The summed E-state index contributed by atoms with van der Waals surface area (Å²) >= 11 is 0. The lowest BCUT2D eigenvalue weighted by atomic mass is 10.1. The first-order valence-corrected chi connectivity index (χ1v) is 7.99. The lowest BCUT2D eigenvalue weighted by Gasteiger charge is -2.15. The second kappa shape index (κ2) is 7.81. The van der Waals surface area contributed by atoms with Crippen molar-refractivity contribution in [3.05, 3.63) is 58.5 Å². The fraction of sp³-hybridized carbons (Fsp3) is 0.368. The monoisotopic (exact) mass is 329 g/mol. The van der Waals surface area contributed by atoms with Crippen LogP contribution in [-0.2, 0) is 17.8 Å². The molecule has 0 aliphatic carbocycles. The summed E-state index contributed by atoms with van der Waals surface area (Å²) in [6.07, 6.45) is 2.10. The van der Waals surface area contributed by atoms with Gasteiger partial charge in [0.15, 0.2) is 0 Å². The summed E-state index contributed by atoms with van der Waals surface area (Å²) in [5.74, 6) is -0.153. The van der Waals surface area contributed by atoms with Gasteiger partial charge in [0.05, 0.1) is 6.54 Å². The number of aryl methyl sites for hydroxylation is 3. The molecule has 0 fully saturated rings. The van der Waals surface area contributed by atoms with Crippen molar-refractivity contribution in [2.75, 3.05) is 7.05 Å². The van der Waals surface area contributed by atoms with Gasteiger partial charge in [0.2, 0.25) is 5.91 Å². The molecule has 24 heavy (non-hydrogen) atoms. The van der Waals surface area contributed by atoms with Crippen LogP contribution in [0.25, 0.3) is 0 Å². The molecule has 2 rings (SSSR count). The third-order valence-electron chi connectivity index (χ3n) is 3.99. The van der Waals surface area contributed by atoms with Crippen molar-refractivity contribution in [3.8, 4) is 0 Å². The minimum atomic E-state index is -1.02. The van der Waals surface area contributed by atoms with Gasteiger partial charge in [-0.2, -0.15) is 0 Å². The largest absolute Gasteiger partial charge is 0.478 e. The molecular formula is C19H23NO4. The molecule has 0 bridgehead atoms. The zero-order valence-electron chi connectivity index (χ0n) is 14.3. The molecule has 1 amide bonds. The molecule has 1 heterocycles. The fourth-order valence-electron chi connectivity index (χ4n) is 2.55. The summed E-state index contributed by atoms with van der Waals surface area (Å²) in [4.78, 5) is 24.8. The molecule has 1 aromatic heterocycles. The average Bonchev–Trinajstić information content (AvgIpc) is 2.89. The molecule has 0 atom stereocenters. The SMILES string of the molecule is Cc1ccc(CCCC(=O)N(C)Cc2cc(C(=O)O)c(C)o2)cc1. The normalized spacial score (nSPS) is 10.6. The van der Waals surface area contributed by atoms with Crippen LogP contribution in [0.3, 0.4) is 0 Å². The van der Waals surface area contributed by atoms with Crippen molar-refractivity contribution in [1.82, 2.24) is 4.90 Å². The molecule has 5 nitrogen and oxygen atoms in total. The molecule has 0 saturated heterocycles. The van der Waals surface area contributed by atoms with Crippen LogP contribution in [0.5, 0.6) is 0 Å². The Morgan fingerprint density at radius 3 is 2.42 bits per heavy atom. The third kappa shape index (κ3) is 4.72. The molecule has 1 N–H and O–H groups in total. The van der Waals surface area contributed by atoms with Gasteiger partial charge in [0.25, 0.3) is 0 Å². The molecule has 1 aromatic carbocycles. The van der Waals surface area contributed by atoms with E-state index in [1.807, 2.05) is 6.92 Å². The van der Waals surface area contributed by atoms with Gasteiger partial charge < -0.3 is 14.4 Å². The molecular weight excluding hydrogens is 306 g/mol. The molecule has 2 aromatic rings. The first-order valence-electron chi connectivity index (χ1n) is 7.99. The van der Waals surface area contributed by atoms with Crippen LogP contribution in [0.4, 0.5) is 0 Å². The highest BCUT2D eigenvalue weighted by Gasteiger charge is 2.16. The maximum absolute atomic E-state index is 12.2. The van der Waals surface area contributed by atoms with E-state index in [2.05, 4.69) is 24.3 Å². The van der Waals surface area contributed by atoms with Gasteiger partial charge in [-0.15, -0.1) is 0 Å². The number of rotatable bonds is 7.